The van der Waals surface area contributed by atoms with E-state index in [0.717, 1.165) is 24.2 Å². The second kappa shape index (κ2) is 5.54. The van der Waals surface area contributed by atoms with E-state index in [0.29, 0.717) is 30.2 Å². The average Bonchev–Trinajstić information content (AvgIpc) is 3.34. The lowest BCUT2D eigenvalue weighted by molar-refractivity contribution is -0.166. The number of aromatic nitrogens is 1. The Kier molecular flexibility index (Phi) is 3.67. The van der Waals surface area contributed by atoms with Gasteiger partial charge < -0.3 is 20.2 Å². The van der Waals surface area contributed by atoms with Crippen molar-refractivity contribution in [2.24, 2.45) is 11.1 Å². The molecule has 1 aromatic heterocycles. The summed E-state index contributed by atoms with van der Waals surface area (Å²) in [5, 5.41) is 2.94. The van der Waals surface area contributed by atoms with Crippen LogP contribution in [0.3, 0.4) is 0 Å². The maximum absolute atomic E-state index is 12.8. The number of hydrogen-bond donors (Lipinski definition) is 2. The number of benzene rings is 1. The topological polar surface area (TPSA) is 90.4 Å². The summed E-state index contributed by atoms with van der Waals surface area (Å²) < 4.78 is 11.5. The molecule has 0 radical (unpaired) electrons. The Balaban J connectivity index is 1.51. The quantitative estimate of drug-likeness (QED) is 0.870. The van der Waals surface area contributed by atoms with Crippen LogP contribution in [0.25, 0.3) is 11.1 Å². The van der Waals surface area contributed by atoms with Crippen LogP contribution in [0.15, 0.2) is 22.6 Å². The minimum Gasteiger partial charge on any atom is -0.440 e. The molecule has 1 heterocycles. The van der Waals surface area contributed by atoms with Crippen LogP contribution in [0.4, 0.5) is 5.69 Å². The molecule has 0 bridgehead atoms. The smallest absolute Gasteiger partial charge is 0.245 e. The minimum absolute atomic E-state index is 0.00565. The van der Waals surface area contributed by atoms with Gasteiger partial charge in [-0.15, -0.1) is 0 Å². The van der Waals surface area contributed by atoms with Gasteiger partial charge in [-0.2, -0.15) is 0 Å². The van der Waals surface area contributed by atoms with Gasteiger partial charge in [0.25, 0.3) is 0 Å². The first kappa shape index (κ1) is 16.5. The van der Waals surface area contributed by atoms with E-state index in [1.54, 1.807) is 0 Å². The van der Waals surface area contributed by atoms with E-state index in [-0.39, 0.29) is 12.0 Å². The van der Waals surface area contributed by atoms with Crippen molar-refractivity contribution in [3.8, 4) is 0 Å². The lowest BCUT2D eigenvalue weighted by Crippen LogP contribution is -2.74. The number of amides is 1. The molecule has 0 aliphatic heterocycles. The van der Waals surface area contributed by atoms with Crippen LogP contribution in [-0.2, 0) is 9.53 Å². The van der Waals surface area contributed by atoms with E-state index in [2.05, 4.69) is 10.3 Å². The van der Waals surface area contributed by atoms with Gasteiger partial charge in [-0.1, -0.05) is 13.8 Å². The summed E-state index contributed by atoms with van der Waals surface area (Å²) in [6, 6.07) is 5.54. The number of carbonyl (C=O) groups excluding carboxylic acids is 1. The molecule has 3 N–H and O–H groups in total. The zero-order valence-electron chi connectivity index (χ0n) is 15.0. The number of hydrogen-bond acceptors (Lipinski definition) is 5. The van der Waals surface area contributed by atoms with Gasteiger partial charge in [0.2, 0.25) is 5.91 Å². The standard InChI is InChI=1S/C19H25N3O3/c1-4-24-15-10-19(20,18(15,2)3)17(23)21-12-7-8-13-14(9-12)25-16(22-13)11-5-6-11/h7-9,11,15H,4-6,10,20H2,1-3H3,(H,21,23). The van der Waals surface area contributed by atoms with Crippen LogP contribution in [0, 0.1) is 5.41 Å². The normalized spacial score (nSPS) is 27.9. The fourth-order valence-corrected chi connectivity index (χ4v) is 3.59. The molecular formula is C19H25N3O3. The lowest BCUT2D eigenvalue weighted by Gasteiger charge is -2.57. The fourth-order valence-electron chi connectivity index (χ4n) is 3.59. The molecule has 25 heavy (non-hydrogen) atoms. The molecule has 2 unspecified atom stereocenters. The Morgan fingerprint density at radius 1 is 1.44 bits per heavy atom. The van der Waals surface area contributed by atoms with Gasteiger partial charge in [-0.3, -0.25) is 4.79 Å². The van der Waals surface area contributed by atoms with Crippen molar-refractivity contribution in [2.45, 2.75) is 57.6 Å². The molecule has 1 aromatic carbocycles. The Hall–Kier alpha value is -1.92. The van der Waals surface area contributed by atoms with Crippen LogP contribution in [0.1, 0.15) is 51.8 Å². The second-order valence-electron chi connectivity index (χ2n) is 7.80. The van der Waals surface area contributed by atoms with Crippen molar-refractivity contribution in [1.82, 2.24) is 4.98 Å². The molecule has 134 valence electrons. The third kappa shape index (κ3) is 2.55. The van der Waals surface area contributed by atoms with Gasteiger partial charge in [-0.05, 0) is 31.9 Å². The first-order valence-electron chi connectivity index (χ1n) is 8.97. The molecule has 6 heteroatoms. The van der Waals surface area contributed by atoms with Gasteiger partial charge in [0, 0.05) is 36.1 Å². The zero-order valence-corrected chi connectivity index (χ0v) is 15.0. The summed E-state index contributed by atoms with van der Waals surface area (Å²) in [5.74, 6) is 1.08. The van der Waals surface area contributed by atoms with Crippen LogP contribution in [0.5, 0.6) is 0 Å². The van der Waals surface area contributed by atoms with E-state index in [1.165, 1.54) is 0 Å². The number of nitrogens with zero attached hydrogens (tertiary/aromatic N) is 1. The Morgan fingerprint density at radius 2 is 2.20 bits per heavy atom. The van der Waals surface area contributed by atoms with Crippen molar-refractivity contribution >= 4 is 22.7 Å². The van der Waals surface area contributed by atoms with E-state index in [1.807, 2.05) is 39.0 Å². The molecule has 2 fully saturated rings. The molecule has 0 saturated heterocycles. The number of carbonyl (C=O) groups is 1. The van der Waals surface area contributed by atoms with Gasteiger partial charge in [-0.25, -0.2) is 4.98 Å². The number of fused-ring (bicyclic) bond motifs is 1. The molecule has 2 aliphatic carbocycles. The summed E-state index contributed by atoms with van der Waals surface area (Å²) in [6.07, 6.45) is 2.81. The van der Waals surface area contributed by atoms with E-state index in [4.69, 9.17) is 14.9 Å². The molecule has 1 amide bonds. The highest BCUT2D eigenvalue weighted by Gasteiger charge is 2.62. The van der Waals surface area contributed by atoms with E-state index in [9.17, 15) is 4.79 Å². The molecule has 4 rings (SSSR count). The van der Waals surface area contributed by atoms with Crippen molar-refractivity contribution in [2.75, 3.05) is 11.9 Å². The third-order valence-electron chi connectivity index (χ3n) is 5.82. The minimum atomic E-state index is -0.942. The lowest BCUT2D eigenvalue weighted by atomic mass is 9.54. The SMILES string of the molecule is CCOC1CC(N)(C(=O)Nc2ccc3nc(C4CC4)oc3c2)C1(C)C. The number of ether oxygens (including phenoxy) is 1. The molecule has 0 spiro atoms. The van der Waals surface area contributed by atoms with Gasteiger partial charge in [0.05, 0.1) is 6.10 Å². The van der Waals surface area contributed by atoms with Crippen LogP contribution in [0.2, 0.25) is 0 Å². The van der Waals surface area contributed by atoms with Gasteiger partial charge >= 0.3 is 0 Å². The molecule has 2 aliphatic rings. The predicted octanol–water partition coefficient (Wildman–Crippen LogP) is 3.18. The summed E-state index contributed by atoms with van der Waals surface area (Å²) in [6.45, 7) is 6.54. The first-order chi connectivity index (χ1) is 11.8. The summed E-state index contributed by atoms with van der Waals surface area (Å²) in [4.78, 5) is 17.3. The largest absolute Gasteiger partial charge is 0.440 e. The predicted molar refractivity (Wildman–Crippen MR) is 95.3 cm³/mol. The van der Waals surface area contributed by atoms with Gasteiger partial charge in [0.1, 0.15) is 11.1 Å². The molecule has 2 aromatic rings. The van der Waals surface area contributed by atoms with Crippen LogP contribution in [-0.4, -0.2) is 29.1 Å². The highest BCUT2D eigenvalue weighted by Crippen LogP contribution is 2.50. The van der Waals surface area contributed by atoms with E-state index >= 15 is 0 Å². The average molecular weight is 343 g/mol. The Labute approximate surface area is 147 Å². The van der Waals surface area contributed by atoms with Crippen LogP contribution >= 0.6 is 0 Å². The number of rotatable bonds is 5. The Morgan fingerprint density at radius 3 is 2.84 bits per heavy atom. The summed E-state index contributed by atoms with van der Waals surface area (Å²) in [5.41, 5.74) is 7.27. The summed E-state index contributed by atoms with van der Waals surface area (Å²) >= 11 is 0. The number of nitrogens with one attached hydrogen (secondary N) is 1. The molecule has 6 nitrogen and oxygen atoms in total. The highest BCUT2D eigenvalue weighted by atomic mass is 16.5. The zero-order chi connectivity index (χ0) is 17.8. The third-order valence-corrected chi connectivity index (χ3v) is 5.82. The molecule has 2 saturated carbocycles. The van der Waals surface area contributed by atoms with Crippen molar-refractivity contribution in [1.29, 1.82) is 0 Å². The molecule has 2 atom stereocenters. The number of nitrogens with two attached hydrogens (primary N) is 1. The van der Waals surface area contributed by atoms with E-state index < -0.39 is 11.0 Å². The molecular weight excluding hydrogens is 318 g/mol. The van der Waals surface area contributed by atoms with Crippen molar-refractivity contribution in [3.05, 3.63) is 24.1 Å². The number of anilines is 1. The first-order valence-corrected chi connectivity index (χ1v) is 8.97. The Bertz CT molecular complexity index is 824. The maximum Gasteiger partial charge on any atom is 0.245 e. The highest BCUT2D eigenvalue weighted by molar-refractivity contribution is 6.00. The van der Waals surface area contributed by atoms with Crippen LogP contribution < -0.4 is 11.1 Å². The van der Waals surface area contributed by atoms with Crippen molar-refractivity contribution < 1.29 is 13.9 Å². The monoisotopic (exact) mass is 343 g/mol. The fraction of sp³-hybridized carbons (Fsp3) is 0.579. The maximum atomic E-state index is 12.8. The summed E-state index contributed by atoms with van der Waals surface area (Å²) in [7, 11) is 0. The number of oxazole rings is 1. The van der Waals surface area contributed by atoms with Gasteiger partial charge in [0.15, 0.2) is 11.5 Å². The van der Waals surface area contributed by atoms with Crippen molar-refractivity contribution in [3.63, 3.8) is 0 Å². The second-order valence-corrected chi connectivity index (χ2v) is 7.80.